The fourth-order valence-corrected chi connectivity index (χ4v) is 2.24. The van der Waals surface area contributed by atoms with Gasteiger partial charge in [0.25, 0.3) is 5.91 Å². The third-order valence-corrected chi connectivity index (χ3v) is 3.43. The fraction of sp³-hybridized carbons (Fsp3) is 0.118. The molecule has 0 fully saturated rings. The van der Waals surface area contributed by atoms with Crippen molar-refractivity contribution >= 4 is 11.6 Å². The van der Waals surface area contributed by atoms with Crippen molar-refractivity contribution in [2.24, 2.45) is 0 Å². The standard InChI is InChI=1S/C17H16N4O3/c1-23-13-7-12(8-14(9-13)24-2)17(22)20-15-5-3-4-6-16(15)21-11-18-10-19-21/h3-11H,1-2H3,(H,20,22). The van der Waals surface area contributed by atoms with Crippen molar-refractivity contribution in [3.8, 4) is 17.2 Å². The summed E-state index contributed by atoms with van der Waals surface area (Å²) in [5.74, 6) is 0.813. The van der Waals surface area contributed by atoms with Crippen molar-refractivity contribution < 1.29 is 14.3 Å². The lowest BCUT2D eigenvalue weighted by Gasteiger charge is -2.12. The van der Waals surface area contributed by atoms with Gasteiger partial charge in [0.05, 0.1) is 25.6 Å². The van der Waals surface area contributed by atoms with Gasteiger partial charge in [0.1, 0.15) is 24.2 Å². The predicted octanol–water partition coefficient (Wildman–Crippen LogP) is 2.54. The van der Waals surface area contributed by atoms with Crippen molar-refractivity contribution in [3.05, 3.63) is 60.7 Å². The summed E-state index contributed by atoms with van der Waals surface area (Å²) in [6.45, 7) is 0. The van der Waals surface area contributed by atoms with Crippen LogP contribution in [0.15, 0.2) is 55.1 Å². The average Bonchev–Trinajstić information content (AvgIpc) is 3.16. The van der Waals surface area contributed by atoms with Crippen LogP contribution >= 0.6 is 0 Å². The summed E-state index contributed by atoms with van der Waals surface area (Å²) in [5.41, 5.74) is 1.77. The van der Waals surface area contributed by atoms with Gasteiger partial charge in [0, 0.05) is 11.6 Å². The average molecular weight is 324 g/mol. The Kier molecular flexibility index (Phi) is 4.42. The Bertz CT molecular complexity index is 825. The molecule has 1 heterocycles. The van der Waals surface area contributed by atoms with E-state index in [4.69, 9.17) is 9.47 Å². The number of nitrogens with zero attached hydrogens (tertiary/aromatic N) is 3. The van der Waals surface area contributed by atoms with Gasteiger partial charge in [-0.3, -0.25) is 4.79 Å². The van der Waals surface area contributed by atoms with Gasteiger partial charge >= 0.3 is 0 Å². The fourth-order valence-electron chi connectivity index (χ4n) is 2.24. The van der Waals surface area contributed by atoms with E-state index in [1.54, 1.807) is 35.3 Å². The molecule has 0 aliphatic heterocycles. The van der Waals surface area contributed by atoms with Crippen molar-refractivity contribution in [2.75, 3.05) is 19.5 Å². The zero-order chi connectivity index (χ0) is 16.9. The quantitative estimate of drug-likeness (QED) is 0.780. The first kappa shape index (κ1) is 15.5. The molecule has 1 N–H and O–H groups in total. The molecule has 122 valence electrons. The molecule has 0 saturated carbocycles. The number of para-hydroxylation sites is 2. The van der Waals surface area contributed by atoms with Gasteiger partial charge in [-0.05, 0) is 24.3 Å². The molecule has 1 amide bonds. The minimum Gasteiger partial charge on any atom is -0.497 e. The number of rotatable bonds is 5. The Hall–Kier alpha value is -3.35. The van der Waals surface area contributed by atoms with Crippen LogP contribution in [0.25, 0.3) is 5.69 Å². The molecule has 0 bridgehead atoms. The highest BCUT2D eigenvalue weighted by Gasteiger charge is 2.13. The van der Waals surface area contributed by atoms with E-state index in [-0.39, 0.29) is 5.91 Å². The number of anilines is 1. The third kappa shape index (κ3) is 3.19. The number of hydrogen-bond acceptors (Lipinski definition) is 5. The molecule has 0 aliphatic carbocycles. The number of methoxy groups -OCH3 is 2. The molecule has 0 atom stereocenters. The van der Waals surface area contributed by atoms with Gasteiger partial charge in [0.15, 0.2) is 0 Å². The van der Waals surface area contributed by atoms with Gasteiger partial charge in [-0.1, -0.05) is 12.1 Å². The molecule has 0 aliphatic rings. The molecule has 0 unspecified atom stereocenters. The molecule has 0 radical (unpaired) electrons. The summed E-state index contributed by atoms with van der Waals surface area (Å²) in [6, 6.07) is 12.3. The maximum absolute atomic E-state index is 12.6. The molecule has 7 heteroatoms. The maximum Gasteiger partial charge on any atom is 0.255 e. The summed E-state index contributed by atoms with van der Waals surface area (Å²) in [4.78, 5) is 16.5. The lowest BCUT2D eigenvalue weighted by atomic mass is 10.1. The first-order valence-corrected chi connectivity index (χ1v) is 7.19. The molecule has 0 spiro atoms. The van der Waals surface area contributed by atoms with E-state index in [9.17, 15) is 4.79 Å². The van der Waals surface area contributed by atoms with Gasteiger partial charge in [-0.25, -0.2) is 9.67 Å². The lowest BCUT2D eigenvalue weighted by molar-refractivity contribution is 0.102. The Morgan fingerprint density at radius 3 is 2.42 bits per heavy atom. The van der Waals surface area contributed by atoms with Crippen LogP contribution in [0.5, 0.6) is 11.5 Å². The molecule has 1 aromatic heterocycles. The number of nitrogens with one attached hydrogen (secondary N) is 1. The van der Waals surface area contributed by atoms with Gasteiger partial charge in [0.2, 0.25) is 0 Å². The van der Waals surface area contributed by atoms with Crippen molar-refractivity contribution in [2.45, 2.75) is 0 Å². The molecule has 0 saturated heterocycles. The number of aromatic nitrogens is 3. The van der Waals surface area contributed by atoms with E-state index in [1.165, 1.54) is 20.5 Å². The predicted molar refractivity (Wildman–Crippen MR) is 88.9 cm³/mol. The summed E-state index contributed by atoms with van der Waals surface area (Å²) in [6.07, 6.45) is 3.01. The van der Waals surface area contributed by atoms with E-state index in [0.717, 1.165) is 5.69 Å². The van der Waals surface area contributed by atoms with Crippen molar-refractivity contribution in [1.82, 2.24) is 14.8 Å². The van der Waals surface area contributed by atoms with Crippen LogP contribution in [-0.2, 0) is 0 Å². The number of carbonyl (C=O) groups is 1. The Balaban J connectivity index is 1.91. The maximum atomic E-state index is 12.6. The topological polar surface area (TPSA) is 78.3 Å². The van der Waals surface area contributed by atoms with Gasteiger partial charge in [-0.2, -0.15) is 5.10 Å². The number of amides is 1. The highest BCUT2D eigenvalue weighted by Crippen LogP contribution is 2.24. The Morgan fingerprint density at radius 1 is 1.08 bits per heavy atom. The first-order chi connectivity index (χ1) is 11.7. The minimum atomic E-state index is -0.278. The van der Waals surface area contributed by atoms with Gasteiger partial charge in [-0.15, -0.1) is 0 Å². The molecule has 3 aromatic rings. The number of benzene rings is 2. The summed E-state index contributed by atoms with van der Waals surface area (Å²) in [5, 5.41) is 6.98. The Labute approximate surface area is 138 Å². The second-order valence-electron chi connectivity index (χ2n) is 4.91. The number of hydrogen-bond donors (Lipinski definition) is 1. The van der Waals surface area contributed by atoms with Crippen LogP contribution in [0.3, 0.4) is 0 Å². The third-order valence-electron chi connectivity index (χ3n) is 3.43. The number of carbonyl (C=O) groups excluding carboxylic acids is 1. The van der Waals surface area contributed by atoms with E-state index in [0.29, 0.717) is 22.7 Å². The Morgan fingerprint density at radius 2 is 1.79 bits per heavy atom. The molecule has 7 nitrogen and oxygen atoms in total. The molecule has 3 rings (SSSR count). The van der Waals surface area contributed by atoms with Crippen LogP contribution in [0.2, 0.25) is 0 Å². The minimum absolute atomic E-state index is 0.278. The van der Waals surface area contributed by atoms with E-state index < -0.39 is 0 Å². The van der Waals surface area contributed by atoms with E-state index in [1.807, 2.05) is 18.2 Å². The van der Waals surface area contributed by atoms with Crippen LogP contribution < -0.4 is 14.8 Å². The zero-order valence-electron chi connectivity index (χ0n) is 13.3. The second kappa shape index (κ2) is 6.82. The molecule has 24 heavy (non-hydrogen) atoms. The highest BCUT2D eigenvalue weighted by atomic mass is 16.5. The first-order valence-electron chi connectivity index (χ1n) is 7.19. The largest absolute Gasteiger partial charge is 0.497 e. The van der Waals surface area contributed by atoms with Crippen molar-refractivity contribution in [3.63, 3.8) is 0 Å². The van der Waals surface area contributed by atoms with Crippen LogP contribution in [0.4, 0.5) is 5.69 Å². The summed E-state index contributed by atoms with van der Waals surface area (Å²) in [7, 11) is 3.08. The number of ether oxygens (including phenoxy) is 2. The van der Waals surface area contributed by atoms with Crippen LogP contribution in [0, 0.1) is 0 Å². The summed E-state index contributed by atoms with van der Waals surface area (Å²) < 4.78 is 12.0. The molecular weight excluding hydrogens is 308 g/mol. The molecule has 2 aromatic carbocycles. The zero-order valence-corrected chi connectivity index (χ0v) is 13.3. The van der Waals surface area contributed by atoms with E-state index in [2.05, 4.69) is 15.4 Å². The summed E-state index contributed by atoms with van der Waals surface area (Å²) >= 11 is 0. The van der Waals surface area contributed by atoms with Crippen LogP contribution in [0.1, 0.15) is 10.4 Å². The smallest absolute Gasteiger partial charge is 0.255 e. The van der Waals surface area contributed by atoms with Crippen LogP contribution in [-0.4, -0.2) is 34.9 Å². The SMILES string of the molecule is COc1cc(OC)cc(C(=O)Nc2ccccc2-n2cncn2)c1. The van der Waals surface area contributed by atoms with E-state index >= 15 is 0 Å². The highest BCUT2D eigenvalue weighted by molar-refractivity contribution is 6.05. The monoisotopic (exact) mass is 324 g/mol. The normalized spacial score (nSPS) is 10.2. The van der Waals surface area contributed by atoms with Gasteiger partial charge < -0.3 is 14.8 Å². The lowest BCUT2D eigenvalue weighted by Crippen LogP contribution is -2.14. The second-order valence-corrected chi connectivity index (χ2v) is 4.91. The molecular formula is C17H16N4O3. The van der Waals surface area contributed by atoms with Crippen molar-refractivity contribution in [1.29, 1.82) is 0 Å².